The van der Waals surface area contributed by atoms with Crippen molar-refractivity contribution in [3.05, 3.63) is 47.9 Å². The molecule has 2 aliphatic rings. The number of amides is 2. The molecule has 146 valence electrons. The normalized spacial score (nSPS) is 19.1. The van der Waals surface area contributed by atoms with Crippen LogP contribution in [-0.4, -0.2) is 49.5 Å². The van der Waals surface area contributed by atoms with Crippen LogP contribution in [0.1, 0.15) is 23.2 Å². The smallest absolute Gasteiger partial charge is 0.253 e. The fraction of sp³-hybridized carbons (Fsp3) is 0.350. The van der Waals surface area contributed by atoms with Gasteiger partial charge in [0, 0.05) is 38.1 Å². The lowest BCUT2D eigenvalue weighted by Gasteiger charge is -2.35. The number of rotatable bonds is 3. The summed E-state index contributed by atoms with van der Waals surface area (Å²) in [7, 11) is 1.79. The van der Waals surface area contributed by atoms with Crippen molar-refractivity contribution >= 4 is 29.0 Å². The highest BCUT2D eigenvalue weighted by Crippen LogP contribution is 2.27. The van der Waals surface area contributed by atoms with Crippen molar-refractivity contribution in [3.63, 3.8) is 0 Å². The average Bonchev–Trinajstić information content (AvgIpc) is 2.67. The van der Waals surface area contributed by atoms with E-state index >= 15 is 0 Å². The largest absolute Gasteiger partial charge is 0.369 e. The molecule has 3 heterocycles. The Morgan fingerprint density at radius 3 is 3.04 bits per heavy atom. The van der Waals surface area contributed by atoms with Gasteiger partial charge in [-0.1, -0.05) is 6.07 Å². The number of carbonyl (C=O) groups excluding carboxylic acids is 2. The third kappa shape index (κ3) is 3.76. The number of pyridine rings is 1. The molecule has 2 aromatic rings. The maximum Gasteiger partial charge on any atom is 0.253 e. The van der Waals surface area contributed by atoms with Crippen LogP contribution in [0.5, 0.6) is 0 Å². The Morgan fingerprint density at radius 2 is 2.21 bits per heavy atom. The molecule has 2 amide bonds. The first-order valence-electron chi connectivity index (χ1n) is 9.32. The molecule has 0 bridgehead atoms. The van der Waals surface area contributed by atoms with Crippen LogP contribution in [0.2, 0.25) is 0 Å². The number of halogens is 1. The third-order valence-electron chi connectivity index (χ3n) is 5.08. The molecule has 0 saturated carbocycles. The van der Waals surface area contributed by atoms with Crippen LogP contribution >= 0.6 is 0 Å². The average molecular weight is 383 g/mol. The van der Waals surface area contributed by atoms with E-state index in [-0.39, 0.29) is 30.2 Å². The summed E-state index contributed by atoms with van der Waals surface area (Å²) in [5.41, 5.74) is 1.76. The Labute approximate surface area is 162 Å². The second-order valence-corrected chi connectivity index (χ2v) is 7.24. The lowest BCUT2D eigenvalue weighted by Crippen LogP contribution is -2.48. The number of carbonyl (C=O) groups is 2. The number of nitrogens with zero attached hydrogens (tertiary/aromatic N) is 3. The fourth-order valence-corrected chi connectivity index (χ4v) is 3.73. The first kappa shape index (κ1) is 18.2. The number of piperidine rings is 1. The van der Waals surface area contributed by atoms with Gasteiger partial charge in [-0.25, -0.2) is 9.37 Å². The van der Waals surface area contributed by atoms with Gasteiger partial charge in [0.15, 0.2) is 5.82 Å². The highest BCUT2D eigenvalue weighted by atomic mass is 19.1. The van der Waals surface area contributed by atoms with Crippen molar-refractivity contribution in [3.8, 4) is 0 Å². The number of nitrogens with one attached hydrogen (secondary N) is 2. The number of fused-ring (bicyclic) bond motifs is 1. The molecule has 1 aromatic carbocycles. The minimum Gasteiger partial charge on any atom is -0.369 e. The Kier molecular flexibility index (Phi) is 4.85. The predicted octanol–water partition coefficient (Wildman–Crippen LogP) is 2.01. The molecule has 4 rings (SSSR count). The summed E-state index contributed by atoms with van der Waals surface area (Å²) in [6.07, 6.45) is 3.29. The maximum atomic E-state index is 13.5. The van der Waals surface area contributed by atoms with Gasteiger partial charge in [0.1, 0.15) is 5.82 Å². The molecule has 2 N–H and O–H groups in total. The molecule has 0 radical (unpaired) electrons. The van der Waals surface area contributed by atoms with Crippen LogP contribution in [-0.2, 0) is 4.79 Å². The second-order valence-electron chi connectivity index (χ2n) is 7.24. The minimum absolute atomic E-state index is 0.0437. The maximum absolute atomic E-state index is 13.5. The van der Waals surface area contributed by atoms with Gasteiger partial charge >= 0.3 is 0 Å². The summed E-state index contributed by atoms with van der Waals surface area (Å²) in [6.45, 7) is 1.69. The third-order valence-corrected chi connectivity index (χ3v) is 5.08. The van der Waals surface area contributed by atoms with Crippen molar-refractivity contribution in [1.29, 1.82) is 0 Å². The molecular weight excluding hydrogens is 361 g/mol. The highest BCUT2D eigenvalue weighted by Gasteiger charge is 2.25. The Hall–Kier alpha value is -3.16. The van der Waals surface area contributed by atoms with Gasteiger partial charge in [0.05, 0.1) is 17.8 Å². The van der Waals surface area contributed by atoms with Crippen molar-refractivity contribution in [1.82, 2.24) is 10.3 Å². The Bertz CT molecular complexity index is 919. The van der Waals surface area contributed by atoms with E-state index < -0.39 is 0 Å². The lowest BCUT2D eigenvalue weighted by molar-refractivity contribution is -0.115. The van der Waals surface area contributed by atoms with Crippen molar-refractivity contribution in [2.45, 2.75) is 18.9 Å². The Morgan fingerprint density at radius 1 is 1.36 bits per heavy atom. The predicted molar refractivity (Wildman–Crippen MR) is 105 cm³/mol. The SMILES string of the molecule is CN1CC(=O)Nc2cc(C(=O)NC3CCCN(c4cccc(F)c4)C3)cnc21. The summed E-state index contributed by atoms with van der Waals surface area (Å²) in [4.78, 5) is 32.6. The molecule has 1 atom stereocenters. The molecule has 1 aromatic heterocycles. The number of benzene rings is 1. The summed E-state index contributed by atoms with van der Waals surface area (Å²) >= 11 is 0. The van der Waals surface area contributed by atoms with Crippen LogP contribution in [0.3, 0.4) is 0 Å². The molecule has 2 aliphatic heterocycles. The Balaban J connectivity index is 1.45. The van der Waals surface area contributed by atoms with E-state index in [0.29, 0.717) is 23.6 Å². The standard InChI is InChI=1S/C20H22FN5O2/c1-25-12-18(27)24-17-8-13(10-22-19(17)25)20(28)23-15-5-3-7-26(11-15)16-6-2-4-14(21)9-16/h2,4,6,8-10,15H,3,5,7,11-12H2,1H3,(H,23,28)(H,24,27). The number of aromatic nitrogens is 1. The zero-order valence-corrected chi connectivity index (χ0v) is 15.6. The quantitative estimate of drug-likeness (QED) is 0.848. The molecule has 1 saturated heterocycles. The highest BCUT2D eigenvalue weighted by molar-refractivity contribution is 6.02. The molecule has 1 unspecified atom stereocenters. The van der Waals surface area contributed by atoms with Crippen molar-refractivity contribution < 1.29 is 14.0 Å². The van der Waals surface area contributed by atoms with Gasteiger partial charge in [0.25, 0.3) is 5.91 Å². The van der Waals surface area contributed by atoms with Gasteiger partial charge in [-0.3, -0.25) is 9.59 Å². The second kappa shape index (κ2) is 7.46. The molecule has 0 aliphatic carbocycles. The molecular formula is C20H22FN5O2. The van der Waals surface area contributed by atoms with Crippen LogP contribution in [0, 0.1) is 5.82 Å². The molecule has 0 spiro atoms. The topological polar surface area (TPSA) is 77.6 Å². The van der Waals surface area contributed by atoms with Gasteiger partial charge < -0.3 is 20.4 Å². The van der Waals surface area contributed by atoms with Crippen LogP contribution < -0.4 is 20.4 Å². The molecule has 28 heavy (non-hydrogen) atoms. The van der Waals surface area contributed by atoms with E-state index in [1.54, 1.807) is 24.1 Å². The van der Waals surface area contributed by atoms with Crippen LogP contribution in [0.4, 0.5) is 21.6 Å². The summed E-state index contributed by atoms with van der Waals surface area (Å²) in [6, 6.07) is 8.11. The van der Waals surface area contributed by atoms with E-state index in [1.165, 1.54) is 18.3 Å². The lowest BCUT2D eigenvalue weighted by atomic mass is 10.0. The van der Waals surface area contributed by atoms with E-state index in [2.05, 4.69) is 20.5 Å². The zero-order valence-electron chi connectivity index (χ0n) is 15.6. The van der Waals surface area contributed by atoms with E-state index in [1.807, 2.05) is 6.07 Å². The van der Waals surface area contributed by atoms with Gasteiger partial charge in [0.2, 0.25) is 5.91 Å². The number of hydrogen-bond acceptors (Lipinski definition) is 5. The molecule has 1 fully saturated rings. The molecule has 8 heteroatoms. The van der Waals surface area contributed by atoms with Gasteiger partial charge in [-0.05, 0) is 37.1 Å². The number of anilines is 3. The van der Waals surface area contributed by atoms with Gasteiger partial charge in [-0.2, -0.15) is 0 Å². The summed E-state index contributed by atoms with van der Waals surface area (Å²) in [5.74, 6) is 0.0122. The van der Waals surface area contributed by atoms with Gasteiger partial charge in [-0.15, -0.1) is 0 Å². The summed E-state index contributed by atoms with van der Waals surface area (Å²) < 4.78 is 13.5. The van der Waals surface area contributed by atoms with Crippen molar-refractivity contribution in [2.75, 3.05) is 41.8 Å². The van der Waals surface area contributed by atoms with Crippen LogP contribution in [0.15, 0.2) is 36.5 Å². The summed E-state index contributed by atoms with van der Waals surface area (Å²) in [5, 5.41) is 5.79. The monoisotopic (exact) mass is 383 g/mol. The van der Waals surface area contributed by atoms with Crippen molar-refractivity contribution in [2.24, 2.45) is 0 Å². The fourth-order valence-electron chi connectivity index (χ4n) is 3.73. The van der Waals surface area contributed by atoms with E-state index in [0.717, 1.165) is 25.1 Å². The number of likely N-dealkylation sites (N-methyl/N-ethyl adjacent to an activating group) is 1. The van der Waals surface area contributed by atoms with Crippen LogP contribution in [0.25, 0.3) is 0 Å². The first-order valence-corrected chi connectivity index (χ1v) is 9.32. The zero-order chi connectivity index (χ0) is 19.7. The van der Waals surface area contributed by atoms with E-state index in [4.69, 9.17) is 0 Å². The van der Waals surface area contributed by atoms with E-state index in [9.17, 15) is 14.0 Å². The number of hydrogen-bond donors (Lipinski definition) is 2. The minimum atomic E-state index is -0.268. The first-order chi connectivity index (χ1) is 13.5. The molecule has 7 nitrogen and oxygen atoms in total.